The SMILES string of the molecule is O=C(Nc1nc2ccc3ccccc3c2s1)c1cc(Cl)ccc1Cl. The number of carbonyl (C=O) groups is 1. The van der Waals surface area contributed by atoms with E-state index >= 15 is 0 Å². The van der Waals surface area contributed by atoms with Crippen molar-refractivity contribution in [2.24, 2.45) is 0 Å². The molecule has 1 aromatic heterocycles. The molecule has 1 amide bonds. The first-order valence-corrected chi connectivity index (χ1v) is 8.74. The van der Waals surface area contributed by atoms with Crippen LogP contribution in [0.4, 0.5) is 5.13 Å². The van der Waals surface area contributed by atoms with Crippen LogP contribution in [-0.4, -0.2) is 10.9 Å². The van der Waals surface area contributed by atoms with Gasteiger partial charge in [-0.1, -0.05) is 64.9 Å². The summed E-state index contributed by atoms with van der Waals surface area (Å²) in [5.74, 6) is -0.328. The monoisotopic (exact) mass is 372 g/mol. The maximum Gasteiger partial charge on any atom is 0.259 e. The molecule has 3 nitrogen and oxygen atoms in total. The van der Waals surface area contributed by atoms with E-state index in [2.05, 4.69) is 22.4 Å². The second-order valence-corrected chi connectivity index (χ2v) is 7.07. The molecule has 4 aromatic rings. The highest BCUT2D eigenvalue weighted by Crippen LogP contribution is 2.33. The second kappa shape index (κ2) is 6.06. The van der Waals surface area contributed by atoms with Gasteiger partial charge in [0.1, 0.15) is 0 Å². The third kappa shape index (κ3) is 2.73. The molecule has 0 saturated heterocycles. The van der Waals surface area contributed by atoms with Crippen molar-refractivity contribution in [2.75, 3.05) is 5.32 Å². The van der Waals surface area contributed by atoms with Crippen LogP contribution in [0.25, 0.3) is 21.0 Å². The van der Waals surface area contributed by atoms with E-state index in [9.17, 15) is 4.79 Å². The molecule has 4 rings (SSSR count). The van der Waals surface area contributed by atoms with Crippen LogP contribution < -0.4 is 5.32 Å². The van der Waals surface area contributed by atoms with E-state index in [-0.39, 0.29) is 5.91 Å². The molecule has 1 N–H and O–H groups in total. The van der Waals surface area contributed by atoms with E-state index < -0.39 is 0 Å². The molecule has 0 aliphatic carbocycles. The lowest BCUT2D eigenvalue weighted by molar-refractivity contribution is 0.102. The molecule has 0 fully saturated rings. The fourth-order valence-electron chi connectivity index (χ4n) is 2.55. The van der Waals surface area contributed by atoms with Crippen molar-refractivity contribution >= 4 is 66.6 Å². The lowest BCUT2D eigenvalue weighted by Gasteiger charge is -2.04. The largest absolute Gasteiger partial charge is 0.298 e. The zero-order valence-corrected chi connectivity index (χ0v) is 14.5. The fourth-order valence-corrected chi connectivity index (χ4v) is 3.92. The Morgan fingerprint density at radius 2 is 1.88 bits per heavy atom. The molecule has 118 valence electrons. The molecule has 0 aliphatic rings. The number of amides is 1. The minimum absolute atomic E-state index is 0.327. The van der Waals surface area contributed by atoms with E-state index in [0.29, 0.717) is 20.7 Å². The molecule has 0 spiro atoms. The van der Waals surface area contributed by atoms with Crippen molar-refractivity contribution in [3.8, 4) is 0 Å². The smallest absolute Gasteiger partial charge is 0.259 e. The quantitative estimate of drug-likeness (QED) is 0.468. The van der Waals surface area contributed by atoms with Gasteiger partial charge in [0.2, 0.25) is 0 Å². The van der Waals surface area contributed by atoms with Gasteiger partial charge in [-0.3, -0.25) is 10.1 Å². The molecule has 0 bridgehead atoms. The summed E-state index contributed by atoms with van der Waals surface area (Å²) in [5, 5.41) is 6.41. The Morgan fingerprint density at radius 3 is 2.75 bits per heavy atom. The van der Waals surface area contributed by atoms with Gasteiger partial charge in [-0.25, -0.2) is 4.98 Å². The van der Waals surface area contributed by atoms with Gasteiger partial charge in [0, 0.05) is 10.4 Å². The lowest BCUT2D eigenvalue weighted by Crippen LogP contribution is -2.12. The summed E-state index contributed by atoms with van der Waals surface area (Å²) in [5.41, 5.74) is 1.18. The van der Waals surface area contributed by atoms with Crippen LogP contribution in [0.15, 0.2) is 54.6 Å². The van der Waals surface area contributed by atoms with Crippen LogP contribution in [0.2, 0.25) is 10.0 Å². The number of carbonyl (C=O) groups excluding carboxylic acids is 1. The third-order valence-electron chi connectivity index (χ3n) is 3.67. The number of benzene rings is 3. The van der Waals surface area contributed by atoms with Crippen LogP contribution in [-0.2, 0) is 0 Å². The number of aromatic nitrogens is 1. The summed E-state index contributed by atoms with van der Waals surface area (Å²) in [6.45, 7) is 0. The van der Waals surface area contributed by atoms with Crippen molar-refractivity contribution in [3.05, 3.63) is 70.2 Å². The molecule has 0 saturated carbocycles. The van der Waals surface area contributed by atoms with Gasteiger partial charge in [-0.15, -0.1) is 0 Å². The molecule has 0 radical (unpaired) electrons. The number of fused-ring (bicyclic) bond motifs is 3. The van der Waals surface area contributed by atoms with E-state index in [0.717, 1.165) is 21.0 Å². The number of nitrogens with one attached hydrogen (secondary N) is 1. The van der Waals surface area contributed by atoms with Crippen molar-refractivity contribution in [1.29, 1.82) is 0 Å². The number of thiazole rings is 1. The minimum Gasteiger partial charge on any atom is -0.298 e. The maximum atomic E-state index is 12.4. The highest BCUT2D eigenvalue weighted by atomic mass is 35.5. The van der Waals surface area contributed by atoms with Crippen LogP contribution in [0, 0.1) is 0 Å². The Labute approximate surface area is 151 Å². The summed E-state index contributed by atoms with van der Waals surface area (Å²) in [6, 6.07) is 16.9. The number of nitrogens with zero attached hydrogens (tertiary/aromatic N) is 1. The first-order chi connectivity index (χ1) is 11.6. The fraction of sp³-hybridized carbons (Fsp3) is 0. The standard InChI is InChI=1S/C18H10Cl2N2OS/c19-11-6-7-14(20)13(9-11)17(23)22-18-21-15-8-5-10-3-1-2-4-12(10)16(15)24-18/h1-9H,(H,21,22,23). The Kier molecular flexibility index (Phi) is 3.88. The molecular weight excluding hydrogens is 363 g/mol. The highest BCUT2D eigenvalue weighted by Gasteiger charge is 2.14. The Hall–Kier alpha value is -2.14. The number of rotatable bonds is 2. The Morgan fingerprint density at radius 1 is 1.04 bits per heavy atom. The van der Waals surface area contributed by atoms with Gasteiger partial charge in [0.05, 0.1) is 20.8 Å². The van der Waals surface area contributed by atoms with Crippen LogP contribution >= 0.6 is 34.5 Å². The summed E-state index contributed by atoms with van der Waals surface area (Å²) in [6.07, 6.45) is 0. The van der Waals surface area contributed by atoms with E-state index in [1.807, 2.05) is 24.3 Å². The molecule has 0 aliphatic heterocycles. The number of halogens is 2. The summed E-state index contributed by atoms with van der Waals surface area (Å²) >= 11 is 13.5. The molecule has 1 heterocycles. The van der Waals surface area contributed by atoms with Crippen molar-refractivity contribution in [2.45, 2.75) is 0 Å². The molecule has 24 heavy (non-hydrogen) atoms. The molecule has 3 aromatic carbocycles. The Balaban J connectivity index is 1.73. The van der Waals surface area contributed by atoms with Gasteiger partial charge >= 0.3 is 0 Å². The third-order valence-corrected chi connectivity index (χ3v) is 5.26. The predicted molar refractivity (Wildman–Crippen MR) is 102 cm³/mol. The first kappa shape index (κ1) is 15.4. The predicted octanol–water partition coefficient (Wildman–Crippen LogP) is 6.01. The summed E-state index contributed by atoms with van der Waals surface area (Å²) in [7, 11) is 0. The molecule has 0 unspecified atom stereocenters. The molecular formula is C18H10Cl2N2OS. The average Bonchev–Trinajstić information content (AvgIpc) is 3.00. The van der Waals surface area contributed by atoms with Gasteiger partial charge in [0.15, 0.2) is 5.13 Å². The van der Waals surface area contributed by atoms with Crippen molar-refractivity contribution in [3.63, 3.8) is 0 Å². The van der Waals surface area contributed by atoms with Crippen molar-refractivity contribution in [1.82, 2.24) is 4.98 Å². The number of hydrogen-bond acceptors (Lipinski definition) is 3. The van der Waals surface area contributed by atoms with Gasteiger partial charge in [-0.2, -0.15) is 0 Å². The zero-order valence-electron chi connectivity index (χ0n) is 12.2. The first-order valence-electron chi connectivity index (χ1n) is 7.16. The van der Waals surface area contributed by atoms with Crippen LogP contribution in [0.3, 0.4) is 0 Å². The highest BCUT2D eigenvalue weighted by molar-refractivity contribution is 7.23. The molecule has 0 atom stereocenters. The van der Waals surface area contributed by atoms with E-state index in [1.54, 1.807) is 18.2 Å². The van der Waals surface area contributed by atoms with Gasteiger partial charge in [0.25, 0.3) is 5.91 Å². The van der Waals surface area contributed by atoms with Gasteiger partial charge in [-0.05, 0) is 29.7 Å². The van der Waals surface area contributed by atoms with Crippen molar-refractivity contribution < 1.29 is 4.79 Å². The van der Waals surface area contributed by atoms with Crippen LogP contribution in [0.5, 0.6) is 0 Å². The van der Waals surface area contributed by atoms with Gasteiger partial charge < -0.3 is 0 Å². The summed E-state index contributed by atoms with van der Waals surface area (Å²) < 4.78 is 1.04. The minimum atomic E-state index is -0.328. The average molecular weight is 373 g/mol. The van der Waals surface area contributed by atoms with E-state index in [1.165, 1.54) is 11.3 Å². The zero-order chi connectivity index (χ0) is 16.7. The van der Waals surface area contributed by atoms with E-state index in [4.69, 9.17) is 23.2 Å². The summed E-state index contributed by atoms with van der Waals surface area (Å²) in [4.78, 5) is 16.9. The normalized spacial score (nSPS) is 11.1. The molecule has 6 heteroatoms. The number of hydrogen-bond donors (Lipinski definition) is 1. The number of anilines is 1. The topological polar surface area (TPSA) is 42.0 Å². The maximum absolute atomic E-state index is 12.4. The van der Waals surface area contributed by atoms with Crippen LogP contribution in [0.1, 0.15) is 10.4 Å². The Bertz CT molecular complexity index is 1090. The lowest BCUT2D eigenvalue weighted by atomic mass is 10.1. The second-order valence-electron chi connectivity index (χ2n) is 5.23.